The molecule has 1 aromatic heterocycles. The lowest BCUT2D eigenvalue weighted by molar-refractivity contribution is -0.141. The Bertz CT molecular complexity index is 721. The average Bonchev–Trinajstić information content (AvgIpc) is 2.47. The lowest BCUT2D eigenvalue weighted by Gasteiger charge is -2.10. The molecule has 106 valence electrons. The van der Waals surface area contributed by atoms with Crippen LogP contribution in [0, 0.1) is 6.57 Å². The number of nitrogens with zero attached hydrogens (tertiary/aromatic N) is 2. The zero-order valence-corrected chi connectivity index (χ0v) is 10.4. The molecule has 0 radical (unpaired) electrons. The fraction of sp³-hybridized carbons (Fsp3) is 0.0714. The molecule has 0 aliphatic heterocycles. The number of rotatable bonds is 3. The van der Waals surface area contributed by atoms with Crippen molar-refractivity contribution in [2.45, 2.75) is 6.18 Å². The summed E-state index contributed by atoms with van der Waals surface area (Å²) in [7, 11) is 0. The van der Waals surface area contributed by atoms with E-state index in [1.165, 1.54) is 24.3 Å². The molecule has 0 atom stereocenters. The van der Waals surface area contributed by atoms with Crippen LogP contribution in [0.1, 0.15) is 16.1 Å². The molecule has 1 aromatic carbocycles. The Balaban J connectivity index is 2.35. The Hall–Kier alpha value is -2.88. The van der Waals surface area contributed by atoms with E-state index in [2.05, 4.69) is 9.83 Å². The molecule has 1 heterocycles. The number of aldehydes is 1. The fourth-order valence-electron chi connectivity index (χ4n) is 1.52. The van der Waals surface area contributed by atoms with Crippen LogP contribution in [0.2, 0.25) is 0 Å². The molecule has 0 amide bonds. The topological polar surface area (TPSA) is 43.5 Å². The maximum atomic E-state index is 12.5. The number of halogens is 3. The zero-order valence-electron chi connectivity index (χ0n) is 10.4. The number of hydrogen-bond acceptors (Lipinski definition) is 3. The number of alkyl halides is 3. The standard InChI is InChI=1S/C14H7F3N2O2/c1-18-10-7-9(8-20)5-6-11(10)21-13-4-2-3-12(19-13)14(15,16)17/h2-8H. The van der Waals surface area contributed by atoms with E-state index in [-0.39, 0.29) is 22.9 Å². The van der Waals surface area contributed by atoms with Gasteiger partial charge in [0.1, 0.15) is 17.7 Å². The number of benzene rings is 1. The lowest BCUT2D eigenvalue weighted by atomic mass is 10.2. The van der Waals surface area contributed by atoms with Gasteiger partial charge < -0.3 is 4.74 Å². The molecule has 0 bridgehead atoms. The first-order valence-corrected chi connectivity index (χ1v) is 5.63. The van der Waals surface area contributed by atoms with Gasteiger partial charge in [-0.3, -0.25) is 4.79 Å². The normalized spacial score (nSPS) is 10.8. The summed E-state index contributed by atoms with van der Waals surface area (Å²) >= 11 is 0. The van der Waals surface area contributed by atoms with Gasteiger partial charge in [0.05, 0.1) is 6.57 Å². The summed E-state index contributed by atoms with van der Waals surface area (Å²) in [6.45, 7) is 6.99. The van der Waals surface area contributed by atoms with Crippen LogP contribution in [0.5, 0.6) is 11.6 Å². The van der Waals surface area contributed by atoms with E-state index in [1.807, 2.05) is 0 Å². The second-order valence-electron chi connectivity index (χ2n) is 3.92. The van der Waals surface area contributed by atoms with Crippen molar-refractivity contribution >= 4 is 12.0 Å². The average molecular weight is 292 g/mol. The second-order valence-corrected chi connectivity index (χ2v) is 3.92. The smallest absolute Gasteiger partial charge is 0.433 e. The van der Waals surface area contributed by atoms with Crippen LogP contribution in [0.25, 0.3) is 4.85 Å². The Labute approximate surface area is 117 Å². The quantitative estimate of drug-likeness (QED) is 0.627. The number of pyridine rings is 1. The highest BCUT2D eigenvalue weighted by atomic mass is 19.4. The highest BCUT2D eigenvalue weighted by Crippen LogP contribution is 2.33. The van der Waals surface area contributed by atoms with Crippen molar-refractivity contribution < 1.29 is 22.7 Å². The number of carbonyl (C=O) groups is 1. The van der Waals surface area contributed by atoms with Gasteiger partial charge in [0.15, 0.2) is 0 Å². The Morgan fingerprint density at radius 1 is 1.24 bits per heavy atom. The van der Waals surface area contributed by atoms with Crippen LogP contribution in [0.3, 0.4) is 0 Å². The monoisotopic (exact) mass is 292 g/mol. The maximum absolute atomic E-state index is 12.5. The number of aromatic nitrogens is 1. The van der Waals surface area contributed by atoms with Gasteiger partial charge in [0.25, 0.3) is 0 Å². The minimum atomic E-state index is -4.58. The van der Waals surface area contributed by atoms with E-state index in [0.29, 0.717) is 6.29 Å². The molecular formula is C14H7F3N2O2. The third-order valence-corrected chi connectivity index (χ3v) is 2.47. The largest absolute Gasteiger partial charge is 0.450 e. The van der Waals surface area contributed by atoms with Crippen molar-refractivity contribution in [1.29, 1.82) is 0 Å². The first-order valence-electron chi connectivity index (χ1n) is 5.63. The van der Waals surface area contributed by atoms with Crippen LogP contribution in [0.15, 0.2) is 36.4 Å². The van der Waals surface area contributed by atoms with Gasteiger partial charge in [-0.05, 0) is 18.2 Å². The highest BCUT2D eigenvalue weighted by Gasteiger charge is 2.32. The molecule has 21 heavy (non-hydrogen) atoms. The predicted molar refractivity (Wildman–Crippen MR) is 67.4 cm³/mol. The van der Waals surface area contributed by atoms with Gasteiger partial charge in [-0.25, -0.2) is 9.83 Å². The molecule has 4 nitrogen and oxygen atoms in total. The van der Waals surface area contributed by atoms with Crippen molar-refractivity contribution in [2.75, 3.05) is 0 Å². The van der Waals surface area contributed by atoms with Crippen LogP contribution in [0.4, 0.5) is 18.9 Å². The molecule has 0 aliphatic rings. The van der Waals surface area contributed by atoms with E-state index in [4.69, 9.17) is 11.3 Å². The molecule has 0 N–H and O–H groups in total. The van der Waals surface area contributed by atoms with Crippen molar-refractivity contribution in [3.05, 3.63) is 59.1 Å². The van der Waals surface area contributed by atoms with Gasteiger partial charge in [-0.2, -0.15) is 13.2 Å². The predicted octanol–water partition coefficient (Wildman–Crippen LogP) is 4.26. The van der Waals surface area contributed by atoms with Crippen molar-refractivity contribution in [3.8, 4) is 11.6 Å². The maximum Gasteiger partial charge on any atom is 0.433 e. The summed E-state index contributed by atoms with van der Waals surface area (Å²) in [6, 6.07) is 7.23. The summed E-state index contributed by atoms with van der Waals surface area (Å²) in [5.74, 6) is -0.254. The Morgan fingerprint density at radius 3 is 2.62 bits per heavy atom. The van der Waals surface area contributed by atoms with Gasteiger partial charge in [0.2, 0.25) is 11.6 Å². The van der Waals surface area contributed by atoms with Crippen LogP contribution < -0.4 is 4.74 Å². The minimum Gasteiger partial charge on any atom is -0.450 e. The van der Waals surface area contributed by atoms with Gasteiger partial charge in [0, 0.05) is 11.6 Å². The van der Waals surface area contributed by atoms with Gasteiger partial charge in [-0.1, -0.05) is 12.1 Å². The van der Waals surface area contributed by atoms with Crippen LogP contribution >= 0.6 is 0 Å². The Morgan fingerprint density at radius 2 is 2.00 bits per heavy atom. The molecule has 2 aromatic rings. The minimum absolute atomic E-state index is 0.0128. The summed E-state index contributed by atoms with van der Waals surface area (Å²) in [5, 5.41) is 0. The summed E-state index contributed by atoms with van der Waals surface area (Å²) in [5.41, 5.74) is -0.807. The van der Waals surface area contributed by atoms with E-state index < -0.39 is 11.9 Å². The lowest BCUT2D eigenvalue weighted by Crippen LogP contribution is -2.07. The van der Waals surface area contributed by atoms with E-state index in [0.717, 1.165) is 12.1 Å². The zero-order chi connectivity index (χ0) is 15.5. The molecule has 0 spiro atoms. The molecule has 0 aliphatic carbocycles. The molecule has 0 saturated heterocycles. The van der Waals surface area contributed by atoms with Crippen LogP contribution in [-0.2, 0) is 6.18 Å². The summed E-state index contributed by atoms with van der Waals surface area (Å²) < 4.78 is 42.8. The molecule has 0 fully saturated rings. The number of hydrogen-bond donors (Lipinski definition) is 0. The van der Waals surface area contributed by atoms with Crippen molar-refractivity contribution in [1.82, 2.24) is 4.98 Å². The van der Waals surface area contributed by atoms with Crippen molar-refractivity contribution in [3.63, 3.8) is 0 Å². The second kappa shape index (κ2) is 5.63. The van der Waals surface area contributed by atoms with Gasteiger partial charge in [-0.15, -0.1) is 0 Å². The first kappa shape index (κ1) is 14.5. The third-order valence-electron chi connectivity index (χ3n) is 2.47. The Kier molecular flexibility index (Phi) is 3.89. The SMILES string of the molecule is [C-]#[N+]c1cc(C=O)ccc1Oc1cccc(C(F)(F)F)n1. The molecule has 2 rings (SSSR count). The van der Waals surface area contributed by atoms with E-state index >= 15 is 0 Å². The molecular weight excluding hydrogens is 285 g/mol. The van der Waals surface area contributed by atoms with Crippen molar-refractivity contribution in [2.24, 2.45) is 0 Å². The molecule has 7 heteroatoms. The van der Waals surface area contributed by atoms with Gasteiger partial charge >= 0.3 is 6.18 Å². The number of ether oxygens (including phenoxy) is 1. The van der Waals surface area contributed by atoms with E-state index in [9.17, 15) is 18.0 Å². The van der Waals surface area contributed by atoms with E-state index in [1.54, 1.807) is 0 Å². The summed E-state index contributed by atoms with van der Waals surface area (Å²) in [4.78, 5) is 17.1. The number of carbonyl (C=O) groups excluding carboxylic acids is 1. The molecule has 0 saturated carbocycles. The van der Waals surface area contributed by atoms with Crippen LogP contribution in [-0.4, -0.2) is 11.3 Å². The highest BCUT2D eigenvalue weighted by molar-refractivity contribution is 5.79. The molecule has 0 unspecified atom stereocenters. The fourth-order valence-corrected chi connectivity index (χ4v) is 1.52. The first-order chi connectivity index (χ1) is 9.94. The third kappa shape index (κ3) is 3.36. The summed E-state index contributed by atoms with van der Waals surface area (Å²) in [6.07, 6.45) is -4.02.